The van der Waals surface area contributed by atoms with Crippen molar-refractivity contribution in [2.24, 2.45) is 5.92 Å². The highest BCUT2D eigenvalue weighted by Gasteiger charge is 2.35. The zero-order valence-corrected chi connectivity index (χ0v) is 17.6. The second-order valence-corrected chi connectivity index (χ2v) is 9.61. The number of carbonyl (C=O) groups excluding carboxylic acids is 1. The fourth-order valence-corrected chi connectivity index (χ4v) is 5.48. The van der Waals surface area contributed by atoms with E-state index in [1.54, 1.807) is 13.8 Å². The van der Waals surface area contributed by atoms with Crippen LogP contribution in [-0.2, 0) is 14.8 Å². The smallest absolute Gasteiger partial charge is 0.246 e. The summed E-state index contributed by atoms with van der Waals surface area (Å²) in [6, 6.07) is 7.79. The van der Waals surface area contributed by atoms with Gasteiger partial charge in [-0.1, -0.05) is 26.0 Å². The molecule has 2 aromatic rings. The van der Waals surface area contributed by atoms with E-state index >= 15 is 0 Å². The number of benzene rings is 1. The average Bonchev–Trinajstić information content (AvgIpc) is 3.01. The number of sulfonamides is 1. The number of nitrogens with zero attached hydrogens (tertiary/aromatic N) is 2. The Morgan fingerprint density at radius 2 is 1.93 bits per heavy atom. The predicted octanol–water partition coefficient (Wildman–Crippen LogP) is 3.19. The number of H-pyrrole nitrogens is 1. The summed E-state index contributed by atoms with van der Waals surface area (Å²) in [6.07, 6.45) is 1.32. The topological polar surface area (TPSA) is 95.2 Å². The van der Waals surface area contributed by atoms with Gasteiger partial charge < -0.3 is 5.32 Å². The predicted molar refractivity (Wildman–Crippen MR) is 109 cm³/mol. The maximum atomic E-state index is 13.1. The molecule has 1 aliphatic rings. The Bertz CT molecular complexity index is 929. The number of hydrogen-bond donors (Lipinski definition) is 2. The van der Waals surface area contributed by atoms with E-state index in [-0.39, 0.29) is 23.3 Å². The standard InChI is InChI=1S/C20H28N4O3S/c1-13(2)16-7-9-18(10-8-16)21-20(25)17-6-5-11-24(12-17)28(26,27)19-14(3)22-23-15(19)4/h7-10,13,17H,5-6,11-12H2,1-4H3,(H,21,25)(H,22,23)/t17-/m1/s1. The fourth-order valence-electron chi connectivity index (χ4n) is 3.62. The fraction of sp³-hybridized carbons (Fsp3) is 0.500. The minimum atomic E-state index is -3.67. The monoisotopic (exact) mass is 404 g/mol. The number of piperidine rings is 1. The molecule has 1 aliphatic heterocycles. The summed E-state index contributed by atoms with van der Waals surface area (Å²) in [5.74, 6) is -0.0876. The van der Waals surface area contributed by atoms with Crippen molar-refractivity contribution in [2.75, 3.05) is 18.4 Å². The lowest BCUT2D eigenvalue weighted by Crippen LogP contribution is -2.43. The summed E-state index contributed by atoms with van der Waals surface area (Å²) < 4.78 is 27.5. The zero-order valence-electron chi connectivity index (χ0n) is 16.8. The Balaban J connectivity index is 1.71. The van der Waals surface area contributed by atoms with Gasteiger partial charge in [-0.3, -0.25) is 9.89 Å². The first-order chi connectivity index (χ1) is 13.2. The number of aryl methyl sites for hydroxylation is 2. The maximum Gasteiger partial charge on any atom is 0.246 e. The molecule has 1 saturated heterocycles. The number of aromatic nitrogens is 2. The lowest BCUT2D eigenvalue weighted by molar-refractivity contribution is -0.120. The number of anilines is 1. The number of rotatable bonds is 5. The molecule has 1 fully saturated rings. The van der Waals surface area contributed by atoms with Gasteiger partial charge in [0.1, 0.15) is 4.90 Å². The minimum Gasteiger partial charge on any atom is -0.326 e. The van der Waals surface area contributed by atoms with E-state index in [0.717, 1.165) is 5.69 Å². The van der Waals surface area contributed by atoms with Gasteiger partial charge in [0.15, 0.2) is 0 Å². The van der Waals surface area contributed by atoms with Crippen LogP contribution in [0.25, 0.3) is 0 Å². The molecule has 0 aliphatic carbocycles. The van der Waals surface area contributed by atoms with Crippen LogP contribution in [0.5, 0.6) is 0 Å². The number of nitrogens with one attached hydrogen (secondary N) is 2. The van der Waals surface area contributed by atoms with Crippen LogP contribution in [0, 0.1) is 19.8 Å². The number of carbonyl (C=O) groups is 1. The molecule has 1 aromatic heterocycles. The molecule has 1 aromatic carbocycles. The number of amides is 1. The van der Waals surface area contributed by atoms with E-state index in [2.05, 4.69) is 29.4 Å². The first kappa shape index (κ1) is 20.5. The van der Waals surface area contributed by atoms with Crippen molar-refractivity contribution in [3.63, 3.8) is 0 Å². The van der Waals surface area contributed by atoms with Crippen LogP contribution < -0.4 is 5.32 Å². The van der Waals surface area contributed by atoms with E-state index < -0.39 is 10.0 Å². The van der Waals surface area contributed by atoms with Gasteiger partial charge in [-0.05, 0) is 50.3 Å². The Morgan fingerprint density at radius 3 is 2.50 bits per heavy atom. The molecule has 0 bridgehead atoms. The maximum absolute atomic E-state index is 13.1. The highest BCUT2D eigenvalue weighted by atomic mass is 32.2. The third kappa shape index (κ3) is 4.12. The van der Waals surface area contributed by atoms with Crippen molar-refractivity contribution in [3.05, 3.63) is 41.2 Å². The molecule has 1 amide bonds. The molecular formula is C20H28N4O3S. The Hall–Kier alpha value is -2.19. The molecule has 28 heavy (non-hydrogen) atoms. The molecule has 7 nitrogen and oxygen atoms in total. The third-order valence-corrected chi connectivity index (χ3v) is 7.39. The van der Waals surface area contributed by atoms with Crippen LogP contribution in [0.3, 0.4) is 0 Å². The van der Waals surface area contributed by atoms with Gasteiger partial charge in [0, 0.05) is 18.8 Å². The highest BCUT2D eigenvalue weighted by Crippen LogP contribution is 2.27. The molecule has 8 heteroatoms. The first-order valence-corrected chi connectivity index (χ1v) is 11.1. The summed E-state index contributed by atoms with van der Waals surface area (Å²) in [7, 11) is -3.67. The summed E-state index contributed by atoms with van der Waals surface area (Å²) in [4.78, 5) is 12.9. The summed E-state index contributed by atoms with van der Waals surface area (Å²) in [5.41, 5.74) is 2.92. The van der Waals surface area contributed by atoms with E-state index in [9.17, 15) is 13.2 Å². The summed E-state index contributed by atoms with van der Waals surface area (Å²) in [5, 5.41) is 9.65. The van der Waals surface area contributed by atoms with Crippen molar-refractivity contribution in [1.29, 1.82) is 0 Å². The van der Waals surface area contributed by atoms with Gasteiger partial charge in [-0.15, -0.1) is 0 Å². The van der Waals surface area contributed by atoms with E-state index in [1.165, 1.54) is 9.87 Å². The van der Waals surface area contributed by atoms with Crippen LogP contribution in [0.1, 0.15) is 49.6 Å². The van der Waals surface area contributed by atoms with Crippen LogP contribution in [0.2, 0.25) is 0 Å². The van der Waals surface area contributed by atoms with Crippen molar-refractivity contribution >= 4 is 21.6 Å². The van der Waals surface area contributed by atoms with Crippen molar-refractivity contribution in [2.45, 2.75) is 51.3 Å². The van der Waals surface area contributed by atoms with Gasteiger partial charge in [0.25, 0.3) is 0 Å². The second-order valence-electron chi connectivity index (χ2n) is 7.73. The molecule has 0 radical (unpaired) electrons. The van der Waals surface area contributed by atoms with E-state index in [0.29, 0.717) is 36.7 Å². The molecule has 0 spiro atoms. The van der Waals surface area contributed by atoms with E-state index in [1.807, 2.05) is 24.3 Å². The van der Waals surface area contributed by atoms with Crippen molar-refractivity contribution in [3.8, 4) is 0 Å². The lowest BCUT2D eigenvalue weighted by atomic mass is 9.98. The normalized spacial score (nSPS) is 18.4. The van der Waals surface area contributed by atoms with Crippen molar-refractivity contribution in [1.82, 2.24) is 14.5 Å². The molecule has 0 saturated carbocycles. The van der Waals surface area contributed by atoms with Gasteiger partial charge >= 0.3 is 0 Å². The Kier molecular flexibility index (Phi) is 5.90. The van der Waals surface area contributed by atoms with Crippen LogP contribution in [0.4, 0.5) is 5.69 Å². The molecule has 3 rings (SSSR count). The molecule has 2 N–H and O–H groups in total. The lowest BCUT2D eigenvalue weighted by Gasteiger charge is -2.31. The zero-order chi connectivity index (χ0) is 20.5. The second kappa shape index (κ2) is 8.05. The Morgan fingerprint density at radius 1 is 1.25 bits per heavy atom. The highest BCUT2D eigenvalue weighted by molar-refractivity contribution is 7.89. The molecule has 0 unspecified atom stereocenters. The average molecular weight is 405 g/mol. The van der Waals surface area contributed by atoms with E-state index in [4.69, 9.17) is 0 Å². The molecule has 1 atom stereocenters. The minimum absolute atomic E-state index is 0.141. The number of aromatic amines is 1. The largest absolute Gasteiger partial charge is 0.326 e. The van der Waals surface area contributed by atoms with Gasteiger partial charge in [0.2, 0.25) is 15.9 Å². The van der Waals surface area contributed by atoms with Crippen molar-refractivity contribution < 1.29 is 13.2 Å². The molecule has 2 heterocycles. The summed E-state index contributed by atoms with van der Waals surface area (Å²) in [6.45, 7) is 8.21. The van der Waals surface area contributed by atoms with Crippen LogP contribution in [0.15, 0.2) is 29.2 Å². The van der Waals surface area contributed by atoms with Gasteiger partial charge in [-0.2, -0.15) is 9.40 Å². The SMILES string of the molecule is Cc1n[nH]c(C)c1S(=O)(=O)N1CCC[C@@H](C(=O)Nc2ccc(C(C)C)cc2)C1. The van der Waals surface area contributed by atoms with Gasteiger partial charge in [0.05, 0.1) is 17.3 Å². The number of hydrogen-bond acceptors (Lipinski definition) is 4. The quantitative estimate of drug-likeness (QED) is 0.800. The molecule has 152 valence electrons. The third-order valence-electron chi connectivity index (χ3n) is 5.26. The Labute approximate surface area is 166 Å². The molecular weight excluding hydrogens is 376 g/mol. The van der Waals surface area contributed by atoms with Gasteiger partial charge in [-0.25, -0.2) is 8.42 Å². The van der Waals surface area contributed by atoms with Crippen LogP contribution >= 0.6 is 0 Å². The first-order valence-electron chi connectivity index (χ1n) is 9.62. The van der Waals surface area contributed by atoms with Crippen LogP contribution in [-0.4, -0.2) is 41.9 Å². The summed E-state index contributed by atoms with van der Waals surface area (Å²) >= 11 is 0.